The molecule has 6 heteroatoms. The molecule has 0 aliphatic carbocycles. The van der Waals surface area contributed by atoms with Gasteiger partial charge in [0, 0.05) is 5.56 Å². The van der Waals surface area contributed by atoms with E-state index in [1.54, 1.807) is 13.8 Å². The highest BCUT2D eigenvalue weighted by atomic mass is 127. The van der Waals surface area contributed by atoms with Crippen LogP contribution in [0.4, 0.5) is 0 Å². The summed E-state index contributed by atoms with van der Waals surface area (Å²) >= 11 is 2.00. The van der Waals surface area contributed by atoms with Crippen LogP contribution in [0, 0.1) is 3.70 Å². The number of aromatic amines is 1. The van der Waals surface area contributed by atoms with Crippen molar-refractivity contribution >= 4 is 34.5 Å². The highest BCUT2D eigenvalue weighted by Gasteiger charge is 2.26. The van der Waals surface area contributed by atoms with Crippen molar-refractivity contribution in [3.05, 3.63) is 20.5 Å². The van der Waals surface area contributed by atoms with Crippen molar-refractivity contribution in [2.45, 2.75) is 33.6 Å². The van der Waals surface area contributed by atoms with Crippen LogP contribution in [0.3, 0.4) is 0 Å². The van der Waals surface area contributed by atoms with E-state index in [9.17, 15) is 9.59 Å². The average Bonchev–Trinajstić information content (AvgIpc) is 2.67. The molecule has 0 bridgehead atoms. The molecule has 0 saturated heterocycles. The lowest BCUT2D eigenvalue weighted by molar-refractivity contribution is 0.0517. The van der Waals surface area contributed by atoms with Crippen molar-refractivity contribution in [2.24, 2.45) is 0 Å². The molecule has 0 aliphatic heterocycles. The van der Waals surface area contributed by atoms with Crippen LogP contribution >= 0.6 is 22.6 Å². The molecule has 5 nitrogen and oxygen atoms in total. The summed E-state index contributed by atoms with van der Waals surface area (Å²) < 4.78 is 10.6. The number of hydrogen-bond acceptors (Lipinski definition) is 4. The zero-order valence-corrected chi connectivity index (χ0v) is 13.5. The normalized spacial score (nSPS) is 10.3. The van der Waals surface area contributed by atoms with Crippen molar-refractivity contribution in [2.75, 3.05) is 13.2 Å². The van der Waals surface area contributed by atoms with E-state index in [2.05, 4.69) is 4.98 Å². The van der Waals surface area contributed by atoms with Crippen LogP contribution in [-0.2, 0) is 15.9 Å². The van der Waals surface area contributed by atoms with E-state index in [1.165, 1.54) is 0 Å². The average molecular weight is 379 g/mol. The van der Waals surface area contributed by atoms with Crippen LogP contribution in [0.5, 0.6) is 0 Å². The summed E-state index contributed by atoms with van der Waals surface area (Å²) in [7, 11) is 0. The first-order valence-corrected chi connectivity index (χ1v) is 7.39. The Morgan fingerprint density at radius 2 is 1.68 bits per heavy atom. The molecule has 0 spiro atoms. The van der Waals surface area contributed by atoms with Gasteiger partial charge in [0.15, 0.2) is 0 Å². The number of hydrogen-bond donors (Lipinski definition) is 1. The molecule has 0 unspecified atom stereocenters. The molecule has 0 aromatic carbocycles. The maximum absolute atomic E-state index is 12.0. The Hall–Kier alpha value is -1.05. The van der Waals surface area contributed by atoms with E-state index in [1.807, 2.05) is 29.5 Å². The molecular formula is C13H18INO4. The van der Waals surface area contributed by atoms with Gasteiger partial charge in [-0.1, -0.05) is 13.3 Å². The maximum Gasteiger partial charge on any atom is 0.355 e. The first-order chi connectivity index (χ1) is 9.06. The Balaban J connectivity index is 3.23. The zero-order valence-electron chi connectivity index (χ0n) is 11.3. The van der Waals surface area contributed by atoms with Gasteiger partial charge in [-0.05, 0) is 42.9 Å². The van der Waals surface area contributed by atoms with Gasteiger partial charge >= 0.3 is 11.9 Å². The second kappa shape index (κ2) is 7.52. The van der Waals surface area contributed by atoms with E-state index in [0.717, 1.165) is 6.42 Å². The van der Waals surface area contributed by atoms with Gasteiger partial charge < -0.3 is 14.5 Å². The Kier molecular flexibility index (Phi) is 6.33. The number of halogens is 1. The molecule has 1 heterocycles. The summed E-state index contributed by atoms with van der Waals surface area (Å²) in [4.78, 5) is 26.8. The minimum Gasteiger partial charge on any atom is -0.462 e. The number of rotatable bonds is 6. The van der Waals surface area contributed by atoms with E-state index in [0.29, 0.717) is 40.2 Å². The molecule has 1 aromatic heterocycles. The summed E-state index contributed by atoms with van der Waals surface area (Å²) in [6, 6.07) is 0. The van der Waals surface area contributed by atoms with E-state index < -0.39 is 11.9 Å². The van der Waals surface area contributed by atoms with Gasteiger partial charge in [0.25, 0.3) is 0 Å². The van der Waals surface area contributed by atoms with Crippen LogP contribution in [0.1, 0.15) is 53.6 Å². The number of esters is 2. The fourth-order valence-electron chi connectivity index (χ4n) is 1.80. The van der Waals surface area contributed by atoms with Crippen molar-refractivity contribution in [1.82, 2.24) is 4.98 Å². The van der Waals surface area contributed by atoms with Gasteiger partial charge in [-0.3, -0.25) is 0 Å². The topological polar surface area (TPSA) is 68.4 Å². The third-order valence-corrected chi connectivity index (χ3v) is 3.33. The highest BCUT2D eigenvalue weighted by Crippen LogP contribution is 2.24. The molecule has 1 N–H and O–H groups in total. The van der Waals surface area contributed by atoms with Crippen LogP contribution < -0.4 is 0 Å². The van der Waals surface area contributed by atoms with Crippen LogP contribution in [0.15, 0.2) is 0 Å². The summed E-state index contributed by atoms with van der Waals surface area (Å²) in [5.74, 6) is -0.832. The van der Waals surface area contributed by atoms with E-state index >= 15 is 0 Å². The minimum atomic E-state index is -0.431. The predicted molar refractivity (Wildman–Crippen MR) is 79.4 cm³/mol. The molecular weight excluding hydrogens is 361 g/mol. The van der Waals surface area contributed by atoms with E-state index in [-0.39, 0.29) is 0 Å². The molecule has 1 rings (SSSR count). The Morgan fingerprint density at radius 1 is 1.11 bits per heavy atom. The van der Waals surface area contributed by atoms with Crippen molar-refractivity contribution < 1.29 is 19.1 Å². The lowest BCUT2D eigenvalue weighted by Gasteiger charge is -2.06. The summed E-state index contributed by atoms with van der Waals surface area (Å²) in [6.45, 7) is 6.10. The number of nitrogens with one attached hydrogen (secondary N) is 1. The number of ether oxygens (including phenoxy) is 2. The number of aromatic nitrogens is 1. The van der Waals surface area contributed by atoms with Gasteiger partial charge in [-0.15, -0.1) is 0 Å². The molecule has 1 aromatic rings. The van der Waals surface area contributed by atoms with Crippen molar-refractivity contribution in [3.8, 4) is 0 Å². The Labute approximate surface area is 126 Å². The monoisotopic (exact) mass is 379 g/mol. The van der Waals surface area contributed by atoms with Gasteiger partial charge in [0.05, 0.1) is 22.5 Å². The summed E-state index contributed by atoms with van der Waals surface area (Å²) in [6.07, 6.45) is 1.45. The van der Waals surface area contributed by atoms with Gasteiger partial charge in [0.1, 0.15) is 5.69 Å². The Bertz CT molecular complexity index is 467. The minimum absolute atomic E-state index is 0.300. The lowest BCUT2D eigenvalue weighted by atomic mass is 10.1. The number of H-pyrrole nitrogens is 1. The molecule has 0 saturated carbocycles. The summed E-state index contributed by atoms with van der Waals surface area (Å²) in [5.41, 5.74) is 1.49. The van der Waals surface area contributed by atoms with Crippen LogP contribution in [-0.4, -0.2) is 30.1 Å². The molecule has 19 heavy (non-hydrogen) atoms. The summed E-state index contributed by atoms with van der Waals surface area (Å²) in [5, 5.41) is 0. The first-order valence-electron chi connectivity index (χ1n) is 6.31. The van der Waals surface area contributed by atoms with Crippen molar-refractivity contribution in [3.63, 3.8) is 0 Å². The fourth-order valence-corrected chi connectivity index (χ4v) is 2.61. The molecule has 0 radical (unpaired) electrons. The number of carbonyl (C=O) groups excluding carboxylic acids is 2. The van der Waals surface area contributed by atoms with Crippen LogP contribution in [0.25, 0.3) is 0 Å². The quantitative estimate of drug-likeness (QED) is 0.610. The third kappa shape index (κ3) is 3.71. The van der Waals surface area contributed by atoms with Gasteiger partial charge in [-0.2, -0.15) is 0 Å². The van der Waals surface area contributed by atoms with Crippen molar-refractivity contribution in [1.29, 1.82) is 0 Å². The second-order valence-corrected chi connectivity index (χ2v) is 4.94. The molecule has 106 valence electrons. The standard InChI is InChI=1S/C13H18INO4/c1-4-7-8-9(12(16)18-5-2)11(14)15-10(8)13(17)19-6-3/h15H,4-7H2,1-3H3. The van der Waals surface area contributed by atoms with Gasteiger partial charge in [-0.25, -0.2) is 9.59 Å². The Morgan fingerprint density at radius 3 is 2.21 bits per heavy atom. The second-order valence-electron chi connectivity index (χ2n) is 3.86. The molecule has 0 amide bonds. The molecule has 0 aliphatic rings. The first kappa shape index (κ1) is 16.0. The molecule has 0 atom stereocenters. The van der Waals surface area contributed by atoms with E-state index in [4.69, 9.17) is 9.47 Å². The van der Waals surface area contributed by atoms with Crippen LogP contribution in [0.2, 0.25) is 0 Å². The largest absolute Gasteiger partial charge is 0.462 e. The number of carbonyl (C=O) groups is 2. The molecule has 0 fully saturated rings. The van der Waals surface area contributed by atoms with Gasteiger partial charge in [0.2, 0.25) is 0 Å². The highest BCUT2D eigenvalue weighted by molar-refractivity contribution is 14.1. The smallest absolute Gasteiger partial charge is 0.355 e. The third-order valence-electron chi connectivity index (χ3n) is 2.52. The fraction of sp³-hybridized carbons (Fsp3) is 0.538. The SMILES string of the molecule is CCCc1c(C(=O)OCC)[nH]c(I)c1C(=O)OCC. The predicted octanol–water partition coefficient (Wildman–Crippen LogP) is 2.93. The maximum atomic E-state index is 12.0. The lowest BCUT2D eigenvalue weighted by Crippen LogP contribution is -2.11. The zero-order chi connectivity index (χ0) is 14.4.